The minimum Gasteiger partial charge on any atom is -0.396 e. The van der Waals surface area contributed by atoms with Gasteiger partial charge < -0.3 is 10.4 Å². The molecule has 2 N–H and O–H groups in total. The number of hydrogen-bond donors (Lipinski definition) is 2. The quantitative estimate of drug-likeness (QED) is 0.708. The van der Waals surface area contributed by atoms with E-state index in [1.54, 1.807) is 12.1 Å². The van der Waals surface area contributed by atoms with Gasteiger partial charge in [-0.05, 0) is 44.0 Å². The second-order valence-corrected chi connectivity index (χ2v) is 4.89. The van der Waals surface area contributed by atoms with E-state index in [-0.39, 0.29) is 23.5 Å². The van der Waals surface area contributed by atoms with E-state index in [1.165, 1.54) is 6.07 Å². The molecule has 1 atom stereocenters. The Morgan fingerprint density at radius 3 is 2.67 bits per heavy atom. The fourth-order valence-corrected chi connectivity index (χ4v) is 2.00. The average Bonchev–Trinajstić information content (AvgIpc) is 2.36. The molecule has 2 nitrogen and oxygen atoms in total. The Morgan fingerprint density at radius 1 is 1.28 bits per heavy atom. The maximum atomic E-state index is 13.0. The number of aliphatic hydroxyl groups is 1. The van der Waals surface area contributed by atoms with Crippen LogP contribution in [0, 0.1) is 5.82 Å². The zero-order chi connectivity index (χ0) is 13.4. The number of unbranched alkanes of at least 4 members (excludes halogenated alkanes) is 3. The van der Waals surface area contributed by atoms with E-state index in [1.807, 2.05) is 6.92 Å². The molecule has 0 aliphatic carbocycles. The smallest absolute Gasteiger partial charge is 0.141 e. The van der Waals surface area contributed by atoms with E-state index in [0.717, 1.165) is 37.8 Å². The van der Waals surface area contributed by atoms with Crippen molar-refractivity contribution in [2.45, 2.75) is 38.6 Å². The van der Waals surface area contributed by atoms with E-state index in [0.29, 0.717) is 0 Å². The summed E-state index contributed by atoms with van der Waals surface area (Å²) in [4.78, 5) is 0. The van der Waals surface area contributed by atoms with Crippen molar-refractivity contribution in [2.24, 2.45) is 0 Å². The Labute approximate surface area is 113 Å². The Morgan fingerprint density at radius 2 is 2.00 bits per heavy atom. The molecule has 0 saturated carbocycles. The minimum atomic E-state index is -0.378. The monoisotopic (exact) mass is 273 g/mol. The number of rotatable bonds is 8. The average molecular weight is 274 g/mol. The van der Waals surface area contributed by atoms with Gasteiger partial charge in [-0.1, -0.05) is 30.5 Å². The summed E-state index contributed by atoms with van der Waals surface area (Å²) in [5.74, 6) is -0.378. The molecule has 4 heteroatoms. The molecule has 0 radical (unpaired) electrons. The first-order chi connectivity index (χ1) is 8.65. The van der Waals surface area contributed by atoms with Crippen molar-refractivity contribution in [3.05, 3.63) is 34.6 Å². The van der Waals surface area contributed by atoms with Crippen LogP contribution in [0.2, 0.25) is 5.02 Å². The summed E-state index contributed by atoms with van der Waals surface area (Å²) in [6, 6.07) is 4.99. The van der Waals surface area contributed by atoms with E-state index in [4.69, 9.17) is 16.7 Å². The van der Waals surface area contributed by atoms with Crippen LogP contribution >= 0.6 is 11.6 Å². The van der Waals surface area contributed by atoms with Crippen LogP contribution < -0.4 is 5.32 Å². The lowest BCUT2D eigenvalue weighted by Gasteiger charge is -2.14. The van der Waals surface area contributed by atoms with Gasteiger partial charge in [0.15, 0.2) is 0 Å². The van der Waals surface area contributed by atoms with Gasteiger partial charge >= 0.3 is 0 Å². The van der Waals surface area contributed by atoms with Crippen molar-refractivity contribution in [1.82, 2.24) is 5.32 Å². The zero-order valence-electron chi connectivity index (χ0n) is 10.8. The number of nitrogens with one attached hydrogen (secondary N) is 1. The molecule has 18 heavy (non-hydrogen) atoms. The molecule has 0 aliphatic heterocycles. The van der Waals surface area contributed by atoms with Crippen LogP contribution in [0.1, 0.15) is 44.2 Å². The van der Waals surface area contributed by atoms with Gasteiger partial charge in [0.05, 0.1) is 5.02 Å². The lowest BCUT2D eigenvalue weighted by molar-refractivity contribution is 0.282. The van der Waals surface area contributed by atoms with E-state index >= 15 is 0 Å². The summed E-state index contributed by atoms with van der Waals surface area (Å²) < 4.78 is 13.0. The Balaban J connectivity index is 2.27. The summed E-state index contributed by atoms with van der Waals surface area (Å²) >= 11 is 5.75. The van der Waals surface area contributed by atoms with Gasteiger partial charge in [-0.15, -0.1) is 0 Å². The van der Waals surface area contributed by atoms with Gasteiger partial charge in [-0.25, -0.2) is 4.39 Å². The molecule has 1 rings (SSSR count). The van der Waals surface area contributed by atoms with E-state index < -0.39 is 0 Å². The van der Waals surface area contributed by atoms with Crippen LogP contribution in [0.15, 0.2) is 18.2 Å². The normalized spacial score (nSPS) is 12.7. The summed E-state index contributed by atoms with van der Waals surface area (Å²) in [5.41, 5.74) is 0.997. The molecular formula is C14H21ClFNO. The molecule has 0 amide bonds. The van der Waals surface area contributed by atoms with Crippen LogP contribution in [0.25, 0.3) is 0 Å². The topological polar surface area (TPSA) is 32.3 Å². The highest BCUT2D eigenvalue weighted by atomic mass is 35.5. The van der Waals surface area contributed by atoms with Gasteiger partial charge in [0.1, 0.15) is 5.82 Å². The van der Waals surface area contributed by atoms with Crippen molar-refractivity contribution in [3.63, 3.8) is 0 Å². The Kier molecular flexibility index (Phi) is 7.25. The van der Waals surface area contributed by atoms with Gasteiger partial charge in [-0.2, -0.15) is 0 Å². The Bertz CT molecular complexity index is 360. The van der Waals surface area contributed by atoms with Crippen molar-refractivity contribution in [1.29, 1.82) is 0 Å². The molecule has 1 aromatic rings. The van der Waals surface area contributed by atoms with Crippen molar-refractivity contribution < 1.29 is 9.50 Å². The Hall–Kier alpha value is -0.640. The van der Waals surface area contributed by atoms with Crippen LogP contribution in [-0.4, -0.2) is 18.3 Å². The number of benzene rings is 1. The van der Waals surface area contributed by atoms with Gasteiger partial charge in [0.25, 0.3) is 0 Å². The summed E-state index contributed by atoms with van der Waals surface area (Å²) in [6.45, 7) is 3.23. The minimum absolute atomic E-state index is 0.168. The molecule has 1 aromatic carbocycles. The largest absolute Gasteiger partial charge is 0.396 e. The highest BCUT2D eigenvalue weighted by Crippen LogP contribution is 2.20. The van der Waals surface area contributed by atoms with Gasteiger partial charge in [0.2, 0.25) is 0 Å². The predicted molar refractivity (Wildman–Crippen MR) is 73.4 cm³/mol. The second kappa shape index (κ2) is 8.46. The van der Waals surface area contributed by atoms with Crippen molar-refractivity contribution >= 4 is 11.6 Å². The molecule has 0 fully saturated rings. The van der Waals surface area contributed by atoms with Gasteiger partial charge in [-0.3, -0.25) is 0 Å². The summed E-state index contributed by atoms with van der Waals surface area (Å²) in [6.07, 6.45) is 4.14. The third kappa shape index (κ3) is 5.34. The van der Waals surface area contributed by atoms with E-state index in [2.05, 4.69) is 5.32 Å². The third-order valence-corrected chi connectivity index (χ3v) is 3.27. The highest BCUT2D eigenvalue weighted by molar-refractivity contribution is 6.30. The number of hydrogen-bond acceptors (Lipinski definition) is 2. The van der Waals surface area contributed by atoms with Crippen LogP contribution in [0.3, 0.4) is 0 Å². The van der Waals surface area contributed by atoms with Crippen molar-refractivity contribution in [2.75, 3.05) is 13.2 Å². The second-order valence-electron chi connectivity index (χ2n) is 4.49. The van der Waals surface area contributed by atoms with Crippen molar-refractivity contribution in [3.8, 4) is 0 Å². The molecule has 102 valence electrons. The van der Waals surface area contributed by atoms with Crippen LogP contribution in [0.4, 0.5) is 4.39 Å². The maximum Gasteiger partial charge on any atom is 0.141 e. The van der Waals surface area contributed by atoms with E-state index in [9.17, 15) is 4.39 Å². The summed E-state index contributed by atoms with van der Waals surface area (Å²) in [5, 5.41) is 12.2. The fourth-order valence-electron chi connectivity index (χ4n) is 1.81. The fraction of sp³-hybridized carbons (Fsp3) is 0.571. The SMILES string of the molecule is CC(NCCCCCCO)c1ccc(F)c(Cl)c1. The molecule has 0 aromatic heterocycles. The number of halogens is 2. The standard InChI is InChI=1S/C14H21ClFNO/c1-11(17-8-4-2-3-5-9-18)12-6-7-14(16)13(15)10-12/h6-7,10-11,17-18H,2-5,8-9H2,1H3. The lowest BCUT2D eigenvalue weighted by Crippen LogP contribution is -2.19. The van der Waals surface area contributed by atoms with Crippen LogP contribution in [0.5, 0.6) is 0 Å². The first-order valence-corrected chi connectivity index (χ1v) is 6.82. The molecule has 0 heterocycles. The first kappa shape index (κ1) is 15.4. The number of aliphatic hydroxyl groups excluding tert-OH is 1. The van der Waals surface area contributed by atoms with Crippen LogP contribution in [-0.2, 0) is 0 Å². The molecule has 0 bridgehead atoms. The maximum absolute atomic E-state index is 13.0. The predicted octanol–water partition coefficient (Wildman–Crippen LogP) is 3.68. The lowest BCUT2D eigenvalue weighted by atomic mass is 10.1. The molecule has 1 unspecified atom stereocenters. The molecule has 0 aliphatic rings. The highest BCUT2D eigenvalue weighted by Gasteiger charge is 2.07. The molecular weight excluding hydrogens is 253 g/mol. The first-order valence-electron chi connectivity index (χ1n) is 6.44. The van der Waals surface area contributed by atoms with Gasteiger partial charge in [0, 0.05) is 12.6 Å². The summed E-state index contributed by atoms with van der Waals surface area (Å²) in [7, 11) is 0. The molecule has 0 spiro atoms. The third-order valence-electron chi connectivity index (χ3n) is 2.98. The zero-order valence-corrected chi connectivity index (χ0v) is 11.5. The molecule has 0 saturated heterocycles.